The SMILES string of the molecule is C[C@@H](CCCc1ccccc1)S(=O)(=O)O. The summed E-state index contributed by atoms with van der Waals surface area (Å²) >= 11 is 0. The monoisotopic (exact) mass is 228 g/mol. The number of aryl methyl sites for hydroxylation is 1. The molecule has 3 nitrogen and oxygen atoms in total. The average Bonchev–Trinajstić information content (AvgIpc) is 2.18. The molecule has 1 rings (SSSR count). The minimum Gasteiger partial charge on any atom is -0.285 e. The second-order valence-corrected chi connectivity index (χ2v) is 5.54. The molecule has 0 heterocycles. The quantitative estimate of drug-likeness (QED) is 0.787. The first-order valence-corrected chi connectivity index (χ1v) is 6.50. The van der Waals surface area contributed by atoms with Crippen LogP contribution in [0.25, 0.3) is 0 Å². The van der Waals surface area contributed by atoms with E-state index in [1.165, 1.54) is 12.5 Å². The van der Waals surface area contributed by atoms with Gasteiger partial charge in [0.25, 0.3) is 10.1 Å². The summed E-state index contributed by atoms with van der Waals surface area (Å²) < 4.78 is 30.2. The van der Waals surface area contributed by atoms with Crippen LogP contribution in [0.2, 0.25) is 0 Å². The van der Waals surface area contributed by atoms with Crippen molar-refractivity contribution in [1.29, 1.82) is 0 Å². The smallest absolute Gasteiger partial charge is 0.267 e. The molecular formula is C11H16O3S. The summed E-state index contributed by atoms with van der Waals surface area (Å²) in [6.07, 6.45) is 2.11. The normalized spacial score (nSPS) is 13.7. The zero-order chi connectivity index (χ0) is 11.3. The lowest BCUT2D eigenvalue weighted by molar-refractivity contribution is 0.464. The molecule has 1 N–H and O–H groups in total. The van der Waals surface area contributed by atoms with E-state index in [4.69, 9.17) is 4.55 Å². The van der Waals surface area contributed by atoms with Crippen LogP contribution in [0, 0.1) is 0 Å². The van der Waals surface area contributed by atoms with E-state index < -0.39 is 15.4 Å². The Labute approximate surface area is 90.9 Å². The third-order valence-corrected chi connectivity index (χ3v) is 3.68. The van der Waals surface area contributed by atoms with Crippen LogP contribution in [0.15, 0.2) is 30.3 Å². The van der Waals surface area contributed by atoms with Crippen LogP contribution in [0.1, 0.15) is 25.3 Å². The second-order valence-electron chi connectivity index (χ2n) is 3.70. The summed E-state index contributed by atoms with van der Waals surface area (Å²) in [7, 11) is -3.86. The fourth-order valence-electron chi connectivity index (χ4n) is 1.39. The molecule has 0 unspecified atom stereocenters. The first kappa shape index (κ1) is 12.2. The van der Waals surface area contributed by atoms with Gasteiger partial charge in [0.2, 0.25) is 0 Å². The van der Waals surface area contributed by atoms with Gasteiger partial charge < -0.3 is 0 Å². The van der Waals surface area contributed by atoms with Crippen molar-refractivity contribution < 1.29 is 13.0 Å². The van der Waals surface area contributed by atoms with Gasteiger partial charge in [-0.3, -0.25) is 4.55 Å². The molecule has 1 aromatic carbocycles. The molecule has 0 radical (unpaired) electrons. The Morgan fingerprint density at radius 1 is 1.27 bits per heavy atom. The van der Waals surface area contributed by atoms with E-state index in [1.54, 1.807) is 0 Å². The van der Waals surface area contributed by atoms with Gasteiger partial charge in [-0.15, -0.1) is 0 Å². The zero-order valence-electron chi connectivity index (χ0n) is 8.76. The Balaban J connectivity index is 2.35. The van der Waals surface area contributed by atoms with Crippen LogP contribution in [0.3, 0.4) is 0 Å². The second kappa shape index (κ2) is 5.28. The predicted octanol–water partition coefficient (Wildman–Crippen LogP) is 2.29. The molecule has 0 aliphatic carbocycles. The van der Waals surface area contributed by atoms with Gasteiger partial charge >= 0.3 is 0 Å². The maximum atomic E-state index is 10.7. The Morgan fingerprint density at radius 3 is 2.40 bits per heavy atom. The summed E-state index contributed by atoms with van der Waals surface area (Å²) in [5.41, 5.74) is 1.19. The van der Waals surface area contributed by atoms with Crippen molar-refractivity contribution in [2.24, 2.45) is 0 Å². The third kappa shape index (κ3) is 4.44. The van der Waals surface area contributed by atoms with Crippen LogP contribution in [-0.4, -0.2) is 18.2 Å². The van der Waals surface area contributed by atoms with Gasteiger partial charge in [0.05, 0.1) is 5.25 Å². The molecule has 15 heavy (non-hydrogen) atoms. The van der Waals surface area contributed by atoms with Crippen molar-refractivity contribution in [2.45, 2.75) is 31.4 Å². The van der Waals surface area contributed by atoms with Crippen molar-refractivity contribution in [3.05, 3.63) is 35.9 Å². The van der Waals surface area contributed by atoms with Crippen LogP contribution in [0.4, 0.5) is 0 Å². The molecule has 1 aromatic rings. The largest absolute Gasteiger partial charge is 0.285 e. The van der Waals surface area contributed by atoms with Crippen molar-refractivity contribution in [3.63, 3.8) is 0 Å². The number of hydrogen-bond donors (Lipinski definition) is 1. The molecule has 0 saturated carbocycles. The third-order valence-electron chi connectivity index (χ3n) is 2.43. The minimum absolute atomic E-state index is 0.494. The predicted molar refractivity (Wildman–Crippen MR) is 60.4 cm³/mol. The fourth-order valence-corrected chi connectivity index (χ4v) is 1.85. The maximum absolute atomic E-state index is 10.7. The molecule has 0 aromatic heterocycles. The van der Waals surface area contributed by atoms with Crippen molar-refractivity contribution in [3.8, 4) is 0 Å². The van der Waals surface area contributed by atoms with Crippen LogP contribution >= 0.6 is 0 Å². The van der Waals surface area contributed by atoms with E-state index >= 15 is 0 Å². The Morgan fingerprint density at radius 2 is 1.87 bits per heavy atom. The topological polar surface area (TPSA) is 54.4 Å². The molecule has 0 aliphatic rings. The standard InChI is InChI=1S/C11H16O3S/c1-10(15(12,13)14)6-5-9-11-7-3-2-4-8-11/h2-4,7-8,10H,5-6,9H2,1H3,(H,12,13,14)/t10-/m0/s1. The van der Waals surface area contributed by atoms with Crippen LogP contribution < -0.4 is 0 Å². The zero-order valence-corrected chi connectivity index (χ0v) is 9.57. The van der Waals surface area contributed by atoms with Gasteiger partial charge in [-0.05, 0) is 31.7 Å². The highest BCUT2D eigenvalue weighted by Gasteiger charge is 2.16. The summed E-state index contributed by atoms with van der Waals surface area (Å²) in [6, 6.07) is 9.89. The first-order chi connectivity index (χ1) is 7.00. The number of benzene rings is 1. The summed E-state index contributed by atoms with van der Waals surface area (Å²) in [5.74, 6) is 0. The lowest BCUT2D eigenvalue weighted by atomic mass is 10.1. The molecule has 0 bridgehead atoms. The lowest BCUT2D eigenvalue weighted by Gasteiger charge is -2.07. The summed E-state index contributed by atoms with van der Waals surface area (Å²) in [4.78, 5) is 0. The molecular weight excluding hydrogens is 212 g/mol. The van der Waals surface area contributed by atoms with E-state index in [-0.39, 0.29) is 0 Å². The lowest BCUT2D eigenvalue weighted by Crippen LogP contribution is -2.16. The van der Waals surface area contributed by atoms with E-state index in [0.717, 1.165) is 12.8 Å². The van der Waals surface area contributed by atoms with Crippen molar-refractivity contribution in [2.75, 3.05) is 0 Å². The minimum atomic E-state index is -3.86. The molecule has 1 atom stereocenters. The summed E-state index contributed by atoms with van der Waals surface area (Å²) in [5, 5.41) is -0.666. The number of rotatable bonds is 5. The highest BCUT2D eigenvalue weighted by Crippen LogP contribution is 2.10. The van der Waals surface area contributed by atoms with E-state index in [9.17, 15) is 8.42 Å². The average molecular weight is 228 g/mol. The highest BCUT2D eigenvalue weighted by molar-refractivity contribution is 7.86. The van der Waals surface area contributed by atoms with Gasteiger partial charge in [0, 0.05) is 0 Å². The van der Waals surface area contributed by atoms with Gasteiger partial charge in [-0.1, -0.05) is 30.3 Å². The fraction of sp³-hybridized carbons (Fsp3) is 0.455. The molecule has 0 fully saturated rings. The number of hydrogen-bond acceptors (Lipinski definition) is 2. The maximum Gasteiger partial charge on any atom is 0.267 e. The van der Waals surface area contributed by atoms with E-state index in [2.05, 4.69) is 0 Å². The molecule has 4 heteroatoms. The van der Waals surface area contributed by atoms with Gasteiger partial charge in [-0.25, -0.2) is 0 Å². The molecule has 0 saturated heterocycles. The van der Waals surface area contributed by atoms with E-state index in [1.807, 2.05) is 30.3 Å². The van der Waals surface area contributed by atoms with Gasteiger partial charge in [0.15, 0.2) is 0 Å². The van der Waals surface area contributed by atoms with E-state index in [0.29, 0.717) is 6.42 Å². The summed E-state index contributed by atoms with van der Waals surface area (Å²) in [6.45, 7) is 1.53. The molecule has 84 valence electrons. The first-order valence-electron chi connectivity index (χ1n) is 5.00. The molecule has 0 aliphatic heterocycles. The van der Waals surface area contributed by atoms with Crippen molar-refractivity contribution in [1.82, 2.24) is 0 Å². The Kier molecular flexibility index (Phi) is 4.29. The Bertz CT molecular complexity index is 384. The van der Waals surface area contributed by atoms with Crippen LogP contribution in [0.5, 0.6) is 0 Å². The Hall–Kier alpha value is -0.870. The van der Waals surface area contributed by atoms with Crippen molar-refractivity contribution >= 4 is 10.1 Å². The molecule has 0 amide bonds. The molecule has 0 spiro atoms. The van der Waals surface area contributed by atoms with Gasteiger partial charge in [0.1, 0.15) is 0 Å². The van der Waals surface area contributed by atoms with Gasteiger partial charge in [-0.2, -0.15) is 8.42 Å². The highest BCUT2D eigenvalue weighted by atomic mass is 32.2. The van der Waals surface area contributed by atoms with Crippen LogP contribution in [-0.2, 0) is 16.5 Å².